The third-order valence-corrected chi connectivity index (χ3v) is 4.30. The normalized spacial score (nSPS) is 18.3. The Morgan fingerprint density at radius 1 is 1.32 bits per heavy atom. The lowest BCUT2D eigenvalue weighted by atomic mass is 10.0. The zero-order chi connectivity index (χ0) is 13.8. The number of hydrogen-bond donors (Lipinski definition) is 1. The maximum Gasteiger partial charge on any atom is 0.119 e. The summed E-state index contributed by atoms with van der Waals surface area (Å²) in [5, 5.41) is 9.97. The lowest BCUT2D eigenvalue weighted by Crippen LogP contribution is -2.34. The number of hydrogen-bond acceptors (Lipinski definition) is 2. The van der Waals surface area contributed by atoms with Crippen molar-refractivity contribution >= 4 is 0 Å². The molecule has 19 heavy (non-hydrogen) atoms. The maximum absolute atomic E-state index is 9.97. The average Bonchev–Trinajstić information content (AvgIpc) is 2.79. The van der Waals surface area contributed by atoms with Crippen molar-refractivity contribution in [1.29, 1.82) is 0 Å². The highest BCUT2D eigenvalue weighted by Gasteiger charge is 2.30. The molecule has 0 amide bonds. The van der Waals surface area contributed by atoms with Crippen LogP contribution in [0.3, 0.4) is 0 Å². The first-order valence-corrected chi connectivity index (χ1v) is 7.71. The Labute approximate surface area is 117 Å². The number of nitrogens with zero attached hydrogens (tertiary/aromatic N) is 1. The molecule has 0 saturated carbocycles. The predicted octanol–water partition coefficient (Wildman–Crippen LogP) is 4.28. The van der Waals surface area contributed by atoms with Gasteiger partial charge in [0, 0.05) is 12.1 Å². The summed E-state index contributed by atoms with van der Waals surface area (Å²) in [5.74, 6) is 0.484. The number of phenols is 1. The Balaban J connectivity index is 2.14. The van der Waals surface area contributed by atoms with E-state index in [1.54, 1.807) is 0 Å². The lowest BCUT2D eigenvalue weighted by Gasteiger charge is -2.33. The van der Waals surface area contributed by atoms with Crippen LogP contribution in [0.15, 0.2) is 18.2 Å². The van der Waals surface area contributed by atoms with Gasteiger partial charge in [0.15, 0.2) is 0 Å². The van der Waals surface area contributed by atoms with Crippen molar-refractivity contribution in [3.05, 3.63) is 29.3 Å². The van der Waals surface area contributed by atoms with Crippen LogP contribution in [0.1, 0.15) is 63.6 Å². The van der Waals surface area contributed by atoms with Gasteiger partial charge in [0.05, 0.1) is 0 Å². The van der Waals surface area contributed by atoms with Crippen LogP contribution >= 0.6 is 0 Å². The summed E-state index contributed by atoms with van der Waals surface area (Å²) in [4.78, 5) is 2.61. The van der Waals surface area contributed by atoms with Crippen LogP contribution in [0.2, 0.25) is 0 Å². The van der Waals surface area contributed by atoms with Gasteiger partial charge < -0.3 is 5.11 Å². The molecule has 1 aromatic carbocycles. The van der Waals surface area contributed by atoms with E-state index in [2.05, 4.69) is 31.7 Å². The van der Waals surface area contributed by atoms with Gasteiger partial charge >= 0.3 is 0 Å². The fourth-order valence-electron chi connectivity index (χ4n) is 3.28. The second-order valence-corrected chi connectivity index (χ2v) is 5.94. The van der Waals surface area contributed by atoms with Crippen LogP contribution in [-0.2, 0) is 6.42 Å². The second-order valence-electron chi connectivity index (χ2n) is 5.94. The van der Waals surface area contributed by atoms with E-state index in [9.17, 15) is 5.11 Å². The van der Waals surface area contributed by atoms with Gasteiger partial charge in [-0.3, -0.25) is 4.90 Å². The number of unbranched alkanes of at least 4 members (excludes halogenated alkanes) is 2. The molecule has 0 bridgehead atoms. The number of rotatable bonds is 6. The maximum atomic E-state index is 9.97. The summed E-state index contributed by atoms with van der Waals surface area (Å²) < 4.78 is 0. The zero-order valence-corrected chi connectivity index (χ0v) is 12.5. The van der Waals surface area contributed by atoms with Crippen molar-refractivity contribution in [2.75, 3.05) is 6.54 Å². The van der Waals surface area contributed by atoms with Gasteiger partial charge in [-0.2, -0.15) is 0 Å². The average molecular weight is 261 g/mol. The van der Waals surface area contributed by atoms with Gasteiger partial charge in [-0.05, 0) is 56.8 Å². The molecule has 1 aliphatic carbocycles. The van der Waals surface area contributed by atoms with Gasteiger partial charge in [-0.25, -0.2) is 0 Å². The summed E-state index contributed by atoms with van der Waals surface area (Å²) in [5.41, 5.74) is 2.53. The fraction of sp³-hybridized carbons (Fsp3) is 0.647. The molecular formula is C17H27NO. The third kappa shape index (κ3) is 3.11. The molecule has 0 aromatic heterocycles. The van der Waals surface area contributed by atoms with E-state index in [0.717, 1.165) is 12.8 Å². The molecule has 1 N–H and O–H groups in total. The van der Waals surface area contributed by atoms with Crippen LogP contribution in [0.25, 0.3) is 0 Å². The molecule has 2 rings (SSSR count). The van der Waals surface area contributed by atoms with Crippen molar-refractivity contribution in [3.63, 3.8) is 0 Å². The Morgan fingerprint density at radius 3 is 2.79 bits per heavy atom. The molecule has 0 spiro atoms. The number of fused-ring (bicyclic) bond motifs is 1. The summed E-state index contributed by atoms with van der Waals surface area (Å²) in [6, 6.07) is 7.06. The topological polar surface area (TPSA) is 23.5 Å². The zero-order valence-electron chi connectivity index (χ0n) is 12.5. The third-order valence-electron chi connectivity index (χ3n) is 4.30. The molecule has 0 radical (unpaired) electrons. The number of benzene rings is 1. The lowest BCUT2D eigenvalue weighted by molar-refractivity contribution is 0.149. The van der Waals surface area contributed by atoms with E-state index in [4.69, 9.17) is 0 Å². The monoisotopic (exact) mass is 261 g/mol. The highest BCUT2D eigenvalue weighted by molar-refractivity contribution is 5.44. The molecular weight excluding hydrogens is 234 g/mol. The van der Waals surface area contributed by atoms with E-state index in [1.165, 1.54) is 36.9 Å². The first-order chi connectivity index (χ1) is 9.15. The molecule has 0 fully saturated rings. The van der Waals surface area contributed by atoms with E-state index in [-0.39, 0.29) is 0 Å². The molecule has 1 aromatic rings. The van der Waals surface area contributed by atoms with Crippen molar-refractivity contribution in [3.8, 4) is 5.75 Å². The van der Waals surface area contributed by atoms with E-state index >= 15 is 0 Å². The number of aromatic hydroxyl groups is 1. The van der Waals surface area contributed by atoms with Gasteiger partial charge in [-0.1, -0.05) is 31.9 Å². The first-order valence-electron chi connectivity index (χ1n) is 7.71. The predicted molar refractivity (Wildman–Crippen MR) is 80.5 cm³/mol. The van der Waals surface area contributed by atoms with Crippen molar-refractivity contribution in [2.45, 2.75) is 65.0 Å². The smallest absolute Gasteiger partial charge is 0.119 e. The molecule has 1 atom stereocenters. The quantitative estimate of drug-likeness (QED) is 0.773. The van der Waals surface area contributed by atoms with Crippen LogP contribution in [0.5, 0.6) is 5.75 Å². The summed E-state index contributed by atoms with van der Waals surface area (Å²) in [6.45, 7) is 7.99. The minimum absolute atomic E-state index is 0.484. The number of phenolic OH excluding ortho intramolecular Hbond substituents is 1. The van der Waals surface area contributed by atoms with Crippen LogP contribution < -0.4 is 0 Å². The van der Waals surface area contributed by atoms with E-state index in [1.807, 2.05) is 12.1 Å². The first kappa shape index (κ1) is 14.4. The highest BCUT2D eigenvalue weighted by Crippen LogP contribution is 2.40. The molecule has 0 aliphatic heterocycles. The Kier molecular flexibility index (Phi) is 4.87. The SMILES string of the molecule is CCCCCN(C(C)C)C1CCc2c(O)cccc21. The Morgan fingerprint density at radius 2 is 2.11 bits per heavy atom. The van der Waals surface area contributed by atoms with E-state index < -0.39 is 0 Å². The van der Waals surface area contributed by atoms with Crippen molar-refractivity contribution < 1.29 is 5.11 Å². The summed E-state index contributed by atoms with van der Waals surface area (Å²) in [6.07, 6.45) is 6.02. The fourth-order valence-corrected chi connectivity index (χ4v) is 3.28. The molecule has 1 aliphatic rings. The summed E-state index contributed by atoms with van der Waals surface area (Å²) >= 11 is 0. The summed E-state index contributed by atoms with van der Waals surface area (Å²) in [7, 11) is 0. The molecule has 2 nitrogen and oxygen atoms in total. The standard InChI is InChI=1S/C17H27NO/c1-4-5-6-12-18(13(2)3)16-11-10-15-14(16)8-7-9-17(15)19/h7-9,13,16,19H,4-6,10-12H2,1-3H3. The van der Waals surface area contributed by atoms with Crippen molar-refractivity contribution in [1.82, 2.24) is 4.90 Å². The minimum atomic E-state index is 0.484. The Bertz CT molecular complexity index is 414. The molecule has 0 heterocycles. The van der Waals surface area contributed by atoms with Gasteiger partial charge in [0.2, 0.25) is 0 Å². The largest absolute Gasteiger partial charge is 0.508 e. The van der Waals surface area contributed by atoms with Crippen LogP contribution in [0.4, 0.5) is 0 Å². The van der Waals surface area contributed by atoms with Gasteiger partial charge in [-0.15, -0.1) is 0 Å². The minimum Gasteiger partial charge on any atom is -0.508 e. The van der Waals surface area contributed by atoms with Gasteiger partial charge in [0.25, 0.3) is 0 Å². The molecule has 1 unspecified atom stereocenters. The van der Waals surface area contributed by atoms with E-state index in [0.29, 0.717) is 17.8 Å². The molecule has 106 valence electrons. The van der Waals surface area contributed by atoms with Gasteiger partial charge in [0.1, 0.15) is 5.75 Å². The highest BCUT2D eigenvalue weighted by atomic mass is 16.3. The molecule has 0 saturated heterocycles. The molecule has 2 heteroatoms. The Hall–Kier alpha value is -1.02. The van der Waals surface area contributed by atoms with Crippen LogP contribution in [0, 0.1) is 0 Å². The second kappa shape index (κ2) is 6.42. The van der Waals surface area contributed by atoms with Crippen LogP contribution in [-0.4, -0.2) is 22.6 Å². The van der Waals surface area contributed by atoms with Crippen molar-refractivity contribution in [2.24, 2.45) is 0 Å².